The molecule has 0 aliphatic carbocycles. The summed E-state index contributed by atoms with van der Waals surface area (Å²) in [6.07, 6.45) is 1.84. The molecular formula is C13H18FNO2. The number of ether oxygens (including phenoxy) is 2. The second kappa shape index (κ2) is 5.47. The molecule has 17 heavy (non-hydrogen) atoms. The van der Waals surface area contributed by atoms with Crippen molar-refractivity contribution in [1.82, 2.24) is 0 Å². The molecule has 1 aromatic rings. The van der Waals surface area contributed by atoms with E-state index in [1.54, 1.807) is 12.1 Å². The number of nitrogens with two attached hydrogens (primary N) is 1. The second-order valence-electron chi connectivity index (χ2n) is 4.56. The summed E-state index contributed by atoms with van der Waals surface area (Å²) >= 11 is 0. The van der Waals surface area contributed by atoms with Gasteiger partial charge in [-0.1, -0.05) is 0 Å². The topological polar surface area (TPSA) is 44.5 Å². The first kappa shape index (κ1) is 12.3. The van der Waals surface area contributed by atoms with Crippen LogP contribution in [0.15, 0.2) is 24.3 Å². The second-order valence-corrected chi connectivity index (χ2v) is 4.56. The van der Waals surface area contributed by atoms with Gasteiger partial charge in [0, 0.05) is 25.2 Å². The zero-order valence-corrected chi connectivity index (χ0v) is 9.82. The number of rotatable bonds is 4. The first-order valence-electron chi connectivity index (χ1n) is 5.90. The number of hydrogen-bond donors (Lipinski definition) is 1. The molecule has 1 aromatic carbocycles. The van der Waals surface area contributed by atoms with Gasteiger partial charge in [-0.3, -0.25) is 0 Å². The molecule has 1 heterocycles. The van der Waals surface area contributed by atoms with Gasteiger partial charge in [-0.05, 0) is 37.1 Å². The van der Waals surface area contributed by atoms with Gasteiger partial charge in [-0.15, -0.1) is 0 Å². The lowest BCUT2D eigenvalue weighted by Crippen LogP contribution is -2.41. The van der Waals surface area contributed by atoms with Gasteiger partial charge >= 0.3 is 0 Å². The van der Waals surface area contributed by atoms with Crippen LogP contribution in [0, 0.1) is 11.2 Å². The van der Waals surface area contributed by atoms with E-state index in [0.717, 1.165) is 26.1 Å². The molecule has 4 heteroatoms. The van der Waals surface area contributed by atoms with Gasteiger partial charge < -0.3 is 15.2 Å². The molecule has 1 aliphatic heterocycles. The van der Waals surface area contributed by atoms with Crippen molar-refractivity contribution in [3.63, 3.8) is 0 Å². The zero-order chi connectivity index (χ0) is 12.1. The maximum absolute atomic E-state index is 12.7. The molecule has 2 rings (SSSR count). The fourth-order valence-corrected chi connectivity index (χ4v) is 1.98. The van der Waals surface area contributed by atoms with E-state index in [2.05, 4.69) is 0 Å². The molecule has 1 fully saturated rings. The standard InChI is InChI=1S/C13H18FNO2/c14-11-1-3-12(4-2-11)17-10-13(9-15)5-7-16-8-6-13/h1-4H,5-10,15H2. The van der Waals surface area contributed by atoms with E-state index in [9.17, 15) is 4.39 Å². The van der Waals surface area contributed by atoms with Gasteiger partial charge in [0.25, 0.3) is 0 Å². The van der Waals surface area contributed by atoms with Crippen molar-refractivity contribution >= 4 is 0 Å². The minimum atomic E-state index is -0.253. The molecule has 0 unspecified atom stereocenters. The third-order valence-corrected chi connectivity index (χ3v) is 3.35. The van der Waals surface area contributed by atoms with E-state index < -0.39 is 0 Å². The predicted octanol–water partition coefficient (Wildman–Crippen LogP) is 1.96. The van der Waals surface area contributed by atoms with E-state index in [0.29, 0.717) is 18.9 Å². The van der Waals surface area contributed by atoms with Gasteiger partial charge in [0.1, 0.15) is 11.6 Å². The van der Waals surface area contributed by atoms with Crippen LogP contribution < -0.4 is 10.5 Å². The van der Waals surface area contributed by atoms with Crippen molar-refractivity contribution in [2.24, 2.45) is 11.1 Å². The van der Waals surface area contributed by atoms with Crippen LogP contribution in [-0.2, 0) is 4.74 Å². The van der Waals surface area contributed by atoms with Crippen LogP contribution in [-0.4, -0.2) is 26.4 Å². The van der Waals surface area contributed by atoms with Crippen LogP contribution >= 0.6 is 0 Å². The van der Waals surface area contributed by atoms with Crippen LogP contribution in [0.2, 0.25) is 0 Å². The minimum Gasteiger partial charge on any atom is -0.493 e. The van der Waals surface area contributed by atoms with Gasteiger partial charge in [-0.25, -0.2) is 4.39 Å². The first-order chi connectivity index (χ1) is 8.24. The number of hydrogen-bond acceptors (Lipinski definition) is 3. The molecule has 0 aromatic heterocycles. The molecule has 1 saturated heterocycles. The van der Waals surface area contributed by atoms with Crippen LogP contribution in [0.1, 0.15) is 12.8 Å². The van der Waals surface area contributed by atoms with Crippen molar-refractivity contribution in [1.29, 1.82) is 0 Å². The molecule has 3 nitrogen and oxygen atoms in total. The molecule has 0 spiro atoms. The molecule has 0 atom stereocenters. The molecule has 0 radical (unpaired) electrons. The predicted molar refractivity (Wildman–Crippen MR) is 63.4 cm³/mol. The summed E-state index contributed by atoms with van der Waals surface area (Å²) in [4.78, 5) is 0. The highest BCUT2D eigenvalue weighted by Gasteiger charge is 2.32. The molecule has 94 valence electrons. The van der Waals surface area contributed by atoms with Crippen molar-refractivity contribution in [3.05, 3.63) is 30.1 Å². The highest BCUT2D eigenvalue weighted by atomic mass is 19.1. The van der Waals surface area contributed by atoms with E-state index in [-0.39, 0.29) is 11.2 Å². The summed E-state index contributed by atoms with van der Waals surface area (Å²) in [5, 5.41) is 0. The monoisotopic (exact) mass is 239 g/mol. The Hall–Kier alpha value is -1.13. The third kappa shape index (κ3) is 3.17. The Kier molecular flexibility index (Phi) is 3.97. The summed E-state index contributed by atoms with van der Waals surface area (Å²) in [7, 11) is 0. The molecule has 2 N–H and O–H groups in total. The molecule has 0 amide bonds. The molecule has 1 aliphatic rings. The van der Waals surface area contributed by atoms with Crippen LogP contribution in [0.5, 0.6) is 5.75 Å². The smallest absolute Gasteiger partial charge is 0.123 e. The summed E-state index contributed by atoms with van der Waals surface area (Å²) in [6, 6.07) is 6.07. The maximum Gasteiger partial charge on any atom is 0.123 e. The minimum absolute atomic E-state index is 0.00658. The lowest BCUT2D eigenvalue weighted by molar-refractivity contribution is -0.00500. The van der Waals surface area contributed by atoms with Crippen LogP contribution in [0.3, 0.4) is 0 Å². The molecule has 0 bridgehead atoms. The lowest BCUT2D eigenvalue weighted by atomic mass is 9.81. The third-order valence-electron chi connectivity index (χ3n) is 3.35. The van der Waals surface area contributed by atoms with Gasteiger partial charge in [-0.2, -0.15) is 0 Å². The van der Waals surface area contributed by atoms with Crippen molar-refractivity contribution in [2.45, 2.75) is 12.8 Å². The maximum atomic E-state index is 12.7. The Morgan fingerprint density at radius 3 is 2.47 bits per heavy atom. The van der Waals surface area contributed by atoms with Crippen LogP contribution in [0.4, 0.5) is 4.39 Å². The Labute approximate surface area is 101 Å². The summed E-state index contributed by atoms with van der Waals surface area (Å²) in [5.74, 6) is 0.433. The largest absolute Gasteiger partial charge is 0.493 e. The fourth-order valence-electron chi connectivity index (χ4n) is 1.98. The van der Waals surface area contributed by atoms with Crippen molar-refractivity contribution < 1.29 is 13.9 Å². The van der Waals surface area contributed by atoms with E-state index >= 15 is 0 Å². The van der Waals surface area contributed by atoms with Gasteiger partial charge in [0.05, 0.1) is 6.61 Å². The Morgan fingerprint density at radius 2 is 1.88 bits per heavy atom. The average Bonchev–Trinajstić information content (AvgIpc) is 2.39. The number of halogens is 1. The summed E-state index contributed by atoms with van der Waals surface area (Å²) in [5.41, 5.74) is 5.84. The summed E-state index contributed by atoms with van der Waals surface area (Å²) in [6.45, 7) is 2.64. The van der Waals surface area contributed by atoms with Crippen LogP contribution in [0.25, 0.3) is 0 Å². The highest BCUT2D eigenvalue weighted by Crippen LogP contribution is 2.30. The zero-order valence-electron chi connectivity index (χ0n) is 9.82. The summed E-state index contributed by atoms with van der Waals surface area (Å²) < 4.78 is 23.8. The van der Waals surface area contributed by atoms with Gasteiger partial charge in [0.15, 0.2) is 0 Å². The molecular weight excluding hydrogens is 221 g/mol. The highest BCUT2D eigenvalue weighted by molar-refractivity contribution is 5.22. The van der Waals surface area contributed by atoms with E-state index in [4.69, 9.17) is 15.2 Å². The fraction of sp³-hybridized carbons (Fsp3) is 0.538. The quantitative estimate of drug-likeness (QED) is 0.873. The SMILES string of the molecule is NCC1(COc2ccc(F)cc2)CCOCC1. The van der Waals surface area contributed by atoms with E-state index in [1.807, 2.05) is 0 Å². The van der Waals surface area contributed by atoms with Crippen molar-refractivity contribution in [2.75, 3.05) is 26.4 Å². The Morgan fingerprint density at radius 1 is 1.24 bits per heavy atom. The first-order valence-corrected chi connectivity index (χ1v) is 5.90. The van der Waals surface area contributed by atoms with E-state index in [1.165, 1.54) is 12.1 Å². The Bertz CT molecular complexity index is 347. The van der Waals surface area contributed by atoms with Gasteiger partial charge in [0.2, 0.25) is 0 Å². The Balaban J connectivity index is 1.93. The average molecular weight is 239 g/mol. The lowest BCUT2D eigenvalue weighted by Gasteiger charge is -2.35. The number of benzene rings is 1. The van der Waals surface area contributed by atoms with Crippen molar-refractivity contribution in [3.8, 4) is 5.75 Å². The normalized spacial score (nSPS) is 18.9. The molecule has 0 saturated carbocycles.